The van der Waals surface area contributed by atoms with Gasteiger partial charge in [0.1, 0.15) is 5.65 Å². The lowest BCUT2D eigenvalue weighted by atomic mass is 10.1. The zero-order valence-corrected chi connectivity index (χ0v) is 15.0. The standard InChI is InChI=1S/C18H20N6O.ClH/c19-13-4-2-8-24(11-13)15-5-7-21-17-16(15)14(10-22-17)23-18(25)12-3-1-6-20-9-12;/h1,3,5-7,9-10,13H,2,4,8,11,19H2,(H,21,22)(H,23,25);1H/t13-;/m1./s1. The summed E-state index contributed by atoms with van der Waals surface area (Å²) >= 11 is 0. The molecule has 3 aromatic heterocycles. The van der Waals surface area contributed by atoms with Crippen molar-refractivity contribution in [3.63, 3.8) is 0 Å². The predicted octanol–water partition coefficient (Wildman–Crippen LogP) is 2.56. The van der Waals surface area contributed by atoms with E-state index in [1.54, 1.807) is 36.9 Å². The minimum absolute atomic E-state index is 0. The van der Waals surface area contributed by atoms with E-state index in [1.807, 2.05) is 6.07 Å². The van der Waals surface area contributed by atoms with E-state index in [0.717, 1.165) is 42.7 Å². The third-order valence-corrected chi connectivity index (χ3v) is 4.52. The number of halogens is 1. The van der Waals surface area contributed by atoms with Crippen LogP contribution in [0, 0.1) is 0 Å². The Morgan fingerprint density at radius 3 is 3.00 bits per heavy atom. The molecule has 1 aliphatic heterocycles. The molecular formula is C18H21ClN6O. The number of amides is 1. The summed E-state index contributed by atoms with van der Waals surface area (Å²) in [6.07, 6.45) is 8.85. The maximum atomic E-state index is 12.5. The van der Waals surface area contributed by atoms with Crippen LogP contribution in [0.2, 0.25) is 0 Å². The van der Waals surface area contributed by atoms with Crippen molar-refractivity contribution in [2.24, 2.45) is 5.73 Å². The van der Waals surface area contributed by atoms with Crippen molar-refractivity contribution in [3.8, 4) is 0 Å². The number of aromatic nitrogens is 3. The summed E-state index contributed by atoms with van der Waals surface area (Å²) in [6.45, 7) is 1.76. The quantitative estimate of drug-likeness (QED) is 0.656. The number of H-pyrrole nitrogens is 1. The number of nitrogens with two attached hydrogens (primary N) is 1. The number of carbonyl (C=O) groups excluding carboxylic acids is 1. The Bertz CT molecular complexity index is 897. The number of piperidine rings is 1. The third kappa shape index (κ3) is 3.49. The van der Waals surface area contributed by atoms with Crippen molar-refractivity contribution in [1.29, 1.82) is 0 Å². The number of rotatable bonds is 3. The Kier molecular flexibility index (Phi) is 5.39. The smallest absolute Gasteiger partial charge is 0.257 e. The van der Waals surface area contributed by atoms with Gasteiger partial charge in [-0.3, -0.25) is 9.78 Å². The maximum Gasteiger partial charge on any atom is 0.257 e. The number of anilines is 2. The Morgan fingerprint density at radius 1 is 1.35 bits per heavy atom. The van der Waals surface area contributed by atoms with Gasteiger partial charge in [0.2, 0.25) is 0 Å². The minimum Gasteiger partial charge on any atom is -0.369 e. The first-order valence-corrected chi connectivity index (χ1v) is 8.40. The summed E-state index contributed by atoms with van der Waals surface area (Å²) in [6, 6.07) is 5.63. The lowest BCUT2D eigenvalue weighted by molar-refractivity contribution is 0.102. The zero-order valence-electron chi connectivity index (χ0n) is 14.2. The lowest BCUT2D eigenvalue weighted by Crippen LogP contribution is -2.42. The second kappa shape index (κ2) is 7.72. The summed E-state index contributed by atoms with van der Waals surface area (Å²) in [5, 5.41) is 3.87. The van der Waals surface area contributed by atoms with Crippen molar-refractivity contribution in [2.45, 2.75) is 18.9 Å². The summed E-state index contributed by atoms with van der Waals surface area (Å²) in [5.41, 5.74) is 9.16. The van der Waals surface area contributed by atoms with E-state index in [1.165, 1.54) is 0 Å². The molecule has 8 heteroatoms. The molecule has 0 unspecified atom stereocenters. The largest absolute Gasteiger partial charge is 0.369 e. The van der Waals surface area contributed by atoms with Crippen LogP contribution < -0.4 is 16.0 Å². The Hall–Kier alpha value is -2.64. The van der Waals surface area contributed by atoms with E-state index in [2.05, 4.69) is 25.2 Å². The number of carbonyl (C=O) groups is 1. The van der Waals surface area contributed by atoms with Gasteiger partial charge in [-0.1, -0.05) is 0 Å². The molecule has 3 aromatic rings. The molecule has 0 aliphatic carbocycles. The first-order valence-electron chi connectivity index (χ1n) is 8.40. The fourth-order valence-corrected chi connectivity index (χ4v) is 3.32. The molecule has 0 aromatic carbocycles. The van der Waals surface area contributed by atoms with Crippen LogP contribution in [-0.4, -0.2) is 40.0 Å². The molecule has 0 bridgehead atoms. The highest BCUT2D eigenvalue weighted by Gasteiger charge is 2.21. The second-order valence-corrected chi connectivity index (χ2v) is 6.30. The molecule has 1 aliphatic rings. The van der Waals surface area contributed by atoms with Crippen molar-refractivity contribution in [1.82, 2.24) is 15.0 Å². The average Bonchev–Trinajstić information content (AvgIpc) is 3.05. The predicted molar refractivity (Wildman–Crippen MR) is 105 cm³/mol. The highest BCUT2D eigenvalue weighted by atomic mass is 35.5. The normalized spacial score (nSPS) is 17.0. The van der Waals surface area contributed by atoms with Crippen LogP contribution in [0.4, 0.5) is 11.4 Å². The van der Waals surface area contributed by atoms with Crippen molar-refractivity contribution in [2.75, 3.05) is 23.3 Å². The zero-order chi connectivity index (χ0) is 17.2. The molecule has 136 valence electrons. The van der Waals surface area contributed by atoms with Crippen molar-refractivity contribution in [3.05, 3.63) is 48.5 Å². The van der Waals surface area contributed by atoms with E-state index in [0.29, 0.717) is 11.3 Å². The number of fused-ring (bicyclic) bond motifs is 1. The second-order valence-electron chi connectivity index (χ2n) is 6.30. The average molecular weight is 373 g/mol. The molecule has 0 saturated carbocycles. The van der Waals surface area contributed by atoms with Gasteiger partial charge in [-0.15, -0.1) is 12.4 Å². The van der Waals surface area contributed by atoms with Crippen LogP contribution >= 0.6 is 12.4 Å². The molecule has 4 rings (SSSR count). The molecule has 26 heavy (non-hydrogen) atoms. The van der Waals surface area contributed by atoms with Gasteiger partial charge in [0.15, 0.2) is 0 Å². The minimum atomic E-state index is -0.195. The number of pyridine rings is 2. The molecule has 1 saturated heterocycles. The fourth-order valence-electron chi connectivity index (χ4n) is 3.32. The molecule has 0 spiro atoms. The number of aromatic amines is 1. The van der Waals surface area contributed by atoms with Gasteiger partial charge in [0.25, 0.3) is 5.91 Å². The maximum absolute atomic E-state index is 12.5. The Labute approximate surface area is 157 Å². The number of hydrogen-bond donors (Lipinski definition) is 3. The van der Waals surface area contributed by atoms with Gasteiger partial charge < -0.3 is 20.9 Å². The van der Waals surface area contributed by atoms with Gasteiger partial charge in [0, 0.05) is 43.9 Å². The first-order chi connectivity index (χ1) is 12.2. The van der Waals surface area contributed by atoms with Crippen LogP contribution in [-0.2, 0) is 0 Å². The molecule has 0 radical (unpaired) electrons. The highest BCUT2D eigenvalue weighted by Crippen LogP contribution is 2.33. The number of nitrogens with one attached hydrogen (secondary N) is 2. The molecule has 1 fully saturated rings. The van der Waals surface area contributed by atoms with E-state index in [9.17, 15) is 4.79 Å². The van der Waals surface area contributed by atoms with Gasteiger partial charge in [0.05, 0.1) is 22.3 Å². The van der Waals surface area contributed by atoms with E-state index in [4.69, 9.17) is 5.73 Å². The molecule has 1 atom stereocenters. The van der Waals surface area contributed by atoms with E-state index < -0.39 is 0 Å². The summed E-state index contributed by atoms with van der Waals surface area (Å²) in [7, 11) is 0. The highest BCUT2D eigenvalue weighted by molar-refractivity contribution is 6.11. The van der Waals surface area contributed by atoms with Gasteiger partial charge in [-0.25, -0.2) is 4.98 Å². The van der Waals surface area contributed by atoms with Crippen molar-refractivity contribution >= 4 is 40.7 Å². The molecule has 7 nitrogen and oxygen atoms in total. The van der Waals surface area contributed by atoms with Crippen molar-refractivity contribution < 1.29 is 4.79 Å². The molecular weight excluding hydrogens is 352 g/mol. The van der Waals surface area contributed by atoms with E-state index in [-0.39, 0.29) is 24.4 Å². The lowest BCUT2D eigenvalue weighted by Gasteiger charge is -2.33. The molecule has 4 N–H and O–H groups in total. The Balaban J connectivity index is 0.00000196. The summed E-state index contributed by atoms with van der Waals surface area (Å²) in [5.74, 6) is -0.195. The fraction of sp³-hybridized carbons (Fsp3) is 0.278. The first kappa shape index (κ1) is 18.2. The summed E-state index contributed by atoms with van der Waals surface area (Å²) < 4.78 is 0. The van der Waals surface area contributed by atoms with Crippen LogP contribution in [0.3, 0.4) is 0 Å². The third-order valence-electron chi connectivity index (χ3n) is 4.52. The Morgan fingerprint density at radius 2 is 2.23 bits per heavy atom. The molecule has 4 heterocycles. The summed E-state index contributed by atoms with van der Waals surface area (Å²) in [4.78, 5) is 26.3. The van der Waals surface area contributed by atoms with Gasteiger partial charge >= 0.3 is 0 Å². The monoisotopic (exact) mass is 372 g/mol. The van der Waals surface area contributed by atoms with E-state index >= 15 is 0 Å². The van der Waals surface area contributed by atoms with Gasteiger partial charge in [-0.2, -0.15) is 0 Å². The number of hydrogen-bond acceptors (Lipinski definition) is 5. The van der Waals surface area contributed by atoms with Crippen LogP contribution in [0.5, 0.6) is 0 Å². The van der Waals surface area contributed by atoms with Crippen LogP contribution in [0.1, 0.15) is 23.2 Å². The number of nitrogens with zero attached hydrogens (tertiary/aromatic N) is 3. The molecule has 1 amide bonds. The SMILES string of the molecule is Cl.N[C@@H]1CCCN(c2ccnc3[nH]cc(NC(=O)c4cccnc4)c23)C1. The van der Waals surface area contributed by atoms with Crippen LogP contribution in [0.25, 0.3) is 11.0 Å². The topological polar surface area (TPSA) is 99.9 Å². The van der Waals surface area contributed by atoms with Gasteiger partial charge in [-0.05, 0) is 31.0 Å². The van der Waals surface area contributed by atoms with Crippen LogP contribution in [0.15, 0.2) is 43.0 Å².